The van der Waals surface area contributed by atoms with Gasteiger partial charge in [-0.15, -0.1) is 0 Å². The van der Waals surface area contributed by atoms with Gasteiger partial charge in [0.15, 0.2) is 5.69 Å². The summed E-state index contributed by atoms with van der Waals surface area (Å²) in [6.07, 6.45) is -4.81. The maximum Gasteiger partial charge on any atom is 0.436 e. The van der Waals surface area contributed by atoms with Gasteiger partial charge in [0, 0.05) is 32.9 Å². The van der Waals surface area contributed by atoms with Crippen molar-refractivity contribution in [2.45, 2.75) is 32.2 Å². The van der Waals surface area contributed by atoms with Gasteiger partial charge in [0.25, 0.3) is 5.91 Å². The summed E-state index contributed by atoms with van der Waals surface area (Å²) in [4.78, 5) is 28.0. The van der Waals surface area contributed by atoms with E-state index in [0.717, 1.165) is 11.3 Å². The topological polar surface area (TPSA) is 90.7 Å². The molecule has 4 rings (SSSR count). The smallest absolute Gasteiger partial charge is 0.436 e. The second-order valence-electron chi connectivity index (χ2n) is 8.88. The molecule has 0 saturated carbocycles. The van der Waals surface area contributed by atoms with Crippen molar-refractivity contribution in [2.75, 3.05) is 30.4 Å². The predicted octanol–water partition coefficient (Wildman–Crippen LogP) is 4.18. The number of fused-ring (bicyclic) bond motifs is 1. The molecule has 0 fully saturated rings. The van der Waals surface area contributed by atoms with Crippen LogP contribution in [0, 0.1) is 0 Å². The standard InChI is InChI=1S/C25H26F3N5O3/c1-15(17-7-9-18(10-8-17)24(35)36)29-22(34)20-21(25(26,27)28)30-33-12-11-32(23(20)33)14-16-5-4-6-19(13-16)31(2)3/h4-10,13,15H,11-12,14H2,1-3H3,(H,29,34)(H,35,36)/t15-/m0/s1. The molecule has 0 aliphatic carbocycles. The van der Waals surface area contributed by atoms with Crippen molar-refractivity contribution < 1.29 is 27.9 Å². The summed E-state index contributed by atoms with van der Waals surface area (Å²) in [6, 6.07) is 12.8. The monoisotopic (exact) mass is 501 g/mol. The highest BCUT2D eigenvalue weighted by atomic mass is 19.4. The third-order valence-electron chi connectivity index (χ3n) is 6.11. The minimum Gasteiger partial charge on any atom is -0.478 e. The Morgan fingerprint density at radius 2 is 1.83 bits per heavy atom. The van der Waals surface area contributed by atoms with E-state index in [2.05, 4.69) is 10.4 Å². The number of carbonyl (C=O) groups is 2. The number of carboxylic acid groups (broad SMARTS) is 1. The fourth-order valence-electron chi connectivity index (χ4n) is 4.23. The van der Waals surface area contributed by atoms with E-state index in [4.69, 9.17) is 5.11 Å². The molecule has 11 heteroatoms. The Bertz CT molecular complexity index is 1290. The Hall–Kier alpha value is -4.02. The normalized spacial score (nSPS) is 13.9. The molecule has 2 aromatic carbocycles. The van der Waals surface area contributed by atoms with Gasteiger partial charge in [-0.05, 0) is 42.3 Å². The van der Waals surface area contributed by atoms with E-state index in [-0.39, 0.29) is 17.9 Å². The minimum atomic E-state index is -4.81. The lowest BCUT2D eigenvalue weighted by Gasteiger charge is -2.22. The summed E-state index contributed by atoms with van der Waals surface area (Å²) in [6.45, 7) is 2.58. The zero-order valence-electron chi connectivity index (χ0n) is 20.0. The van der Waals surface area contributed by atoms with E-state index in [1.165, 1.54) is 28.9 Å². The van der Waals surface area contributed by atoms with Gasteiger partial charge in [0.1, 0.15) is 11.4 Å². The van der Waals surface area contributed by atoms with Gasteiger partial charge in [-0.25, -0.2) is 9.48 Å². The Morgan fingerprint density at radius 1 is 1.14 bits per heavy atom. The molecule has 3 aromatic rings. The molecule has 0 saturated heterocycles. The van der Waals surface area contributed by atoms with Crippen molar-refractivity contribution in [3.05, 3.63) is 76.5 Å². The largest absolute Gasteiger partial charge is 0.478 e. The molecule has 1 aliphatic rings. The number of hydrogen-bond donors (Lipinski definition) is 2. The fraction of sp³-hybridized carbons (Fsp3) is 0.320. The number of amides is 1. The summed E-state index contributed by atoms with van der Waals surface area (Å²) in [5.74, 6) is -1.87. The first-order chi connectivity index (χ1) is 17.0. The van der Waals surface area contributed by atoms with Gasteiger partial charge in [-0.1, -0.05) is 24.3 Å². The fourth-order valence-corrected chi connectivity index (χ4v) is 4.23. The van der Waals surface area contributed by atoms with Crippen LogP contribution < -0.4 is 15.1 Å². The number of benzene rings is 2. The lowest BCUT2D eigenvalue weighted by molar-refractivity contribution is -0.141. The zero-order chi connectivity index (χ0) is 26.2. The molecule has 36 heavy (non-hydrogen) atoms. The van der Waals surface area contributed by atoms with Crippen LogP contribution in [0.15, 0.2) is 48.5 Å². The number of halogens is 3. The predicted molar refractivity (Wildman–Crippen MR) is 128 cm³/mol. The molecule has 0 unspecified atom stereocenters. The molecule has 1 atom stereocenters. The molecule has 8 nitrogen and oxygen atoms in total. The van der Waals surface area contributed by atoms with Gasteiger partial charge in [-0.2, -0.15) is 18.3 Å². The first-order valence-corrected chi connectivity index (χ1v) is 11.3. The van der Waals surface area contributed by atoms with Gasteiger partial charge in [0.05, 0.1) is 18.2 Å². The molecule has 0 bridgehead atoms. The Balaban J connectivity index is 1.64. The van der Waals surface area contributed by atoms with Gasteiger partial charge < -0.3 is 20.2 Å². The van der Waals surface area contributed by atoms with Crippen LogP contribution >= 0.6 is 0 Å². The van der Waals surface area contributed by atoms with Crippen LogP contribution in [0.25, 0.3) is 0 Å². The van der Waals surface area contributed by atoms with E-state index in [1.807, 2.05) is 43.3 Å². The number of nitrogens with zero attached hydrogens (tertiary/aromatic N) is 4. The lowest BCUT2D eigenvalue weighted by Crippen LogP contribution is -2.31. The van der Waals surface area contributed by atoms with E-state index in [0.29, 0.717) is 18.7 Å². The number of anilines is 2. The second-order valence-corrected chi connectivity index (χ2v) is 8.88. The van der Waals surface area contributed by atoms with Crippen molar-refractivity contribution in [3.8, 4) is 0 Å². The van der Waals surface area contributed by atoms with Crippen molar-refractivity contribution in [2.24, 2.45) is 0 Å². The van der Waals surface area contributed by atoms with E-state index in [9.17, 15) is 22.8 Å². The highest BCUT2D eigenvalue weighted by molar-refractivity contribution is 6.01. The minimum absolute atomic E-state index is 0.0695. The first-order valence-electron chi connectivity index (χ1n) is 11.3. The summed E-state index contributed by atoms with van der Waals surface area (Å²) in [5.41, 5.74) is 0.732. The van der Waals surface area contributed by atoms with E-state index >= 15 is 0 Å². The molecular weight excluding hydrogens is 475 g/mol. The second kappa shape index (κ2) is 9.56. The van der Waals surface area contributed by atoms with E-state index < -0.39 is 35.4 Å². The van der Waals surface area contributed by atoms with Crippen LogP contribution in [0.4, 0.5) is 24.7 Å². The third kappa shape index (κ3) is 5.00. The van der Waals surface area contributed by atoms with Crippen molar-refractivity contribution in [1.82, 2.24) is 15.1 Å². The lowest BCUT2D eigenvalue weighted by atomic mass is 10.1. The Morgan fingerprint density at radius 3 is 2.44 bits per heavy atom. The number of hydrogen-bond acceptors (Lipinski definition) is 5. The average molecular weight is 502 g/mol. The molecule has 0 radical (unpaired) electrons. The van der Waals surface area contributed by atoms with Gasteiger partial charge >= 0.3 is 12.1 Å². The molecule has 0 spiro atoms. The maximum atomic E-state index is 13.9. The van der Waals surface area contributed by atoms with Crippen LogP contribution in [0.3, 0.4) is 0 Å². The summed E-state index contributed by atoms with van der Waals surface area (Å²) >= 11 is 0. The number of rotatable bonds is 7. The molecule has 2 heterocycles. The van der Waals surface area contributed by atoms with Gasteiger partial charge in [0.2, 0.25) is 0 Å². The van der Waals surface area contributed by atoms with Crippen molar-refractivity contribution in [3.63, 3.8) is 0 Å². The van der Waals surface area contributed by atoms with E-state index in [1.54, 1.807) is 11.8 Å². The van der Waals surface area contributed by atoms with Gasteiger partial charge in [-0.3, -0.25) is 4.79 Å². The Kier molecular flexibility index (Phi) is 6.66. The molecule has 190 valence electrons. The van der Waals surface area contributed by atoms with Crippen LogP contribution in [0.2, 0.25) is 0 Å². The number of carboxylic acids is 1. The van der Waals surface area contributed by atoms with Crippen molar-refractivity contribution >= 4 is 23.4 Å². The van der Waals surface area contributed by atoms with Crippen molar-refractivity contribution in [1.29, 1.82) is 0 Å². The summed E-state index contributed by atoms with van der Waals surface area (Å²) in [7, 11) is 3.80. The number of alkyl halides is 3. The highest BCUT2D eigenvalue weighted by Gasteiger charge is 2.44. The SMILES string of the molecule is C[C@H](NC(=O)c1c(C(F)(F)F)nn2c1N(Cc1cccc(N(C)C)c1)CC2)c1ccc(C(=O)O)cc1. The molecule has 1 amide bonds. The van der Waals surface area contributed by atoms with Crippen LogP contribution in [0.1, 0.15) is 50.5 Å². The summed E-state index contributed by atoms with van der Waals surface area (Å²) < 4.78 is 42.9. The van der Waals surface area contributed by atoms with Crippen LogP contribution in [-0.2, 0) is 19.3 Å². The molecule has 1 aliphatic heterocycles. The van der Waals surface area contributed by atoms with Crippen LogP contribution in [-0.4, -0.2) is 47.4 Å². The zero-order valence-corrected chi connectivity index (χ0v) is 20.0. The number of nitrogens with one attached hydrogen (secondary N) is 1. The molecule has 2 N–H and O–H groups in total. The number of aromatic nitrogens is 2. The quantitative estimate of drug-likeness (QED) is 0.505. The summed E-state index contributed by atoms with van der Waals surface area (Å²) in [5, 5.41) is 15.4. The number of carbonyl (C=O) groups excluding carboxylic acids is 1. The first kappa shape index (κ1) is 25.1. The van der Waals surface area contributed by atoms with Crippen LogP contribution in [0.5, 0.6) is 0 Å². The molecular formula is C25H26F3N5O3. The number of aromatic carboxylic acids is 1. The highest BCUT2D eigenvalue weighted by Crippen LogP contribution is 2.39. The Labute approximate surface area is 205 Å². The molecule has 1 aromatic heterocycles. The third-order valence-corrected chi connectivity index (χ3v) is 6.11. The average Bonchev–Trinajstić information content (AvgIpc) is 3.39. The maximum absolute atomic E-state index is 13.9.